The molecule has 1 fully saturated rings. The second-order valence-corrected chi connectivity index (χ2v) is 8.08. The third kappa shape index (κ3) is 4.32. The molecule has 0 spiro atoms. The normalized spacial score (nSPS) is 16.2. The van der Waals surface area contributed by atoms with Gasteiger partial charge in [0.25, 0.3) is 15.9 Å². The molecule has 1 aliphatic heterocycles. The molecule has 1 aromatic carbocycles. The van der Waals surface area contributed by atoms with E-state index in [4.69, 9.17) is 9.15 Å². The third-order valence-corrected chi connectivity index (χ3v) is 6.07. The highest BCUT2D eigenvalue weighted by molar-refractivity contribution is 7.89. The summed E-state index contributed by atoms with van der Waals surface area (Å²) < 4.78 is 37.6. The van der Waals surface area contributed by atoms with E-state index in [0.717, 1.165) is 0 Å². The number of sulfonamides is 1. The Kier molecular flexibility index (Phi) is 5.83. The van der Waals surface area contributed by atoms with Crippen molar-refractivity contribution in [2.75, 3.05) is 45.2 Å². The number of carbonyl (C=O) groups excluding carboxylic acids is 1. The molecule has 1 saturated heterocycles. The fourth-order valence-corrected chi connectivity index (χ4v) is 4.11. The van der Waals surface area contributed by atoms with Crippen molar-refractivity contribution >= 4 is 21.6 Å². The number of rotatable bonds is 6. The number of hydrogen-bond donors (Lipinski definition) is 1. The molecule has 1 aromatic heterocycles. The van der Waals surface area contributed by atoms with Crippen LogP contribution in [0.3, 0.4) is 0 Å². The summed E-state index contributed by atoms with van der Waals surface area (Å²) in [6.45, 7) is 4.40. The summed E-state index contributed by atoms with van der Waals surface area (Å²) in [5.41, 5.74) is 0.490. The van der Waals surface area contributed by atoms with Gasteiger partial charge in [0.15, 0.2) is 5.76 Å². The summed E-state index contributed by atoms with van der Waals surface area (Å²) in [5, 5.41) is 2.46. The number of nitrogens with zero attached hydrogens (tertiary/aromatic N) is 2. The Bertz CT molecular complexity index is 901. The van der Waals surface area contributed by atoms with Crippen LogP contribution in [0.2, 0.25) is 0 Å². The first-order chi connectivity index (χ1) is 12.9. The molecule has 2 heterocycles. The number of carbonyl (C=O) groups is 1. The van der Waals surface area contributed by atoms with Crippen LogP contribution in [-0.4, -0.2) is 63.4 Å². The largest absolute Gasteiger partial charge is 0.492 e. The van der Waals surface area contributed by atoms with Gasteiger partial charge in [0, 0.05) is 26.2 Å². The fraction of sp³-hybridized carbons (Fsp3) is 0.389. The monoisotopic (exact) mass is 393 g/mol. The number of ether oxygens (including phenoxy) is 1. The summed E-state index contributed by atoms with van der Waals surface area (Å²) >= 11 is 0. The van der Waals surface area contributed by atoms with E-state index >= 15 is 0 Å². The van der Waals surface area contributed by atoms with E-state index in [2.05, 4.69) is 10.2 Å². The van der Waals surface area contributed by atoms with Crippen molar-refractivity contribution in [1.82, 2.24) is 9.21 Å². The van der Waals surface area contributed by atoms with Crippen molar-refractivity contribution in [1.29, 1.82) is 0 Å². The van der Waals surface area contributed by atoms with Crippen LogP contribution in [0.5, 0.6) is 5.75 Å². The van der Waals surface area contributed by atoms with Crippen LogP contribution in [0, 0.1) is 0 Å². The summed E-state index contributed by atoms with van der Waals surface area (Å²) in [5.74, 6) is -0.0822. The van der Waals surface area contributed by atoms with Gasteiger partial charge in [-0.3, -0.25) is 4.79 Å². The smallest absolute Gasteiger partial charge is 0.291 e. The van der Waals surface area contributed by atoms with Gasteiger partial charge in [-0.2, -0.15) is 4.31 Å². The lowest BCUT2D eigenvalue weighted by Gasteiger charge is -2.30. The summed E-state index contributed by atoms with van der Waals surface area (Å²) in [7, 11) is -1.81. The fourth-order valence-electron chi connectivity index (χ4n) is 2.77. The van der Waals surface area contributed by atoms with Crippen molar-refractivity contribution in [3.63, 3.8) is 0 Å². The third-order valence-electron chi connectivity index (χ3n) is 4.30. The van der Waals surface area contributed by atoms with Gasteiger partial charge in [-0.1, -0.05) is 12.1 Å². The molecule has 9 heteroatoms. The average molecular weight is 393 g/mol. The summed E-state index contributed by atoms with van der Waals surface area (Å²) in [6.07, 6.45) is 0. The van der Waals surface area contributed by atoms with E-state index in [-0.39, 0.29) is 10.9 Å². The van der Waals surface area contributed by atoms with Gasteiger partial charge in [0.05, 0.1) is 12.3 Å². The highest BCUT2D eigenvalue weighted by atomic mass is 32.2. The molecule has 3 rings (SSSR count). The minimum absolute atomic E-state index is 0.0750. The molecule has 1 amide bonds. The highest BCUT2D eigenvalue weighted by Crippen LogP contribution is 2.25. The van der Waals surface area contributed by atoms with Crippen molar-refractivity contribution < 1.29 is 22.4 Å². The van der Waals surface area contributed by atoms with Gasteiger partial charge >= 0.3 is 0 Å². The number of piperazine rings is 1. The first-order valence-corrected chi connectivity index (χ1v) is 10.2. The van der Waals surface area contributed by atoms with Gasteiger partial charge in [0.1, 0.15) is 5.75 Å². The Labute approximate surface area is 158 Å². The molecule has 1 aliphatic rings. The number of hydrogen-bond acceptors (Lipinski definition) is 6. The van der Waals surface area contributed by atoms with Crippen LogP contribution in [0.4, 0.5) is 5.69 Å². The van der Waals surface area contributed by atoms with Crippen LogP contribution >= 0.6 is 0 Å². The predicted molar refractivity (Wildman–Crippen MR) is 101 cm³/mol. The number of nitrogens with one attached hydrogen (secondary N) is 1. The topological polar surface area (TPSA) is 92.1 Å². The molecule has 0 radical (unpaired) electrons. The average Bonchev–Trinajstić information content (AvgIpc) is 3.15. The predicted octanol–water partition coefficient (Wildman–Crippen LogP) is 1.87. The van der Waals surface area contributed by atoms with Gasteiger partial charge < -0.3 is 19.4 Å². The van der Waals surface area contributed by atoms with Crippen LogP contribution in [0.15, 0.2) is 45.9 Å². The molecule has 0 saturated carbocycles. The Morgan fingerprint density at radius 2 is 1.85 bits per heavy atom. The van der Waals surface area contributed by atoms with E-state index in [1.165, 1.54) is 16.4 Å². The first kappa shape index (κ1) is 19.4. The standard InChI is InChI=1S/C18H23N3O5S/c1-3-25-15-7-5-4-6-14(15)19-18(22)16-8-9-17(26-16)27(23,24)21-12-10-20(2)11-13-21/h4-9H,3,10-13H2,1-2H3,(H,19,22). The Hall–Kier alpha value is -2.36. The number of amides is 1. The lowest BCUT2D eigenvalue weighted by Crippen LogP contribution is -2.46. The number of likely N-dealkylation sites (N-methyl/N-ethyl adjacent to an activating group) is 1. The molecule has 0 bridgehead atoms. The van der Waals surface area contributed by atoms with E-state index in [1.54, 1.807) is 24.3 Å². The van der Waals surface area contributed by atoms with E-state index in [1.807, 2.05) is 14.0 Å². The highest BCUT2D eigenvalue weighted by Gasteiger charge is 2.30. The SMILES string of the molecule is CCOc1ccccc1NC(=O)c1ccc(S(=O)(=O)N2CCN(C)CC2)o1. The number of para-hydroxylation sites is 2. The summed E-state index contributed by atoms with van der Waals surface area (Å²) in [6, 6.07) is 9.69. The van der Waals surface area contributed by atoms with Crippen LogP contribution in [0.25, 0.3) is 0 Å². The van der Waals surface area contributed by atoms with Crippen molar-refractivity contribution in [2.45, 2.75) is 12.0 Å². The van der Waals surface area contributed by atoms with Gasteiger partial charge in [-0.25, -0.2) is 8.42 Å². The molecule has 1 N–H and O–H groups in total. The van der Waals surface area contributed by atoms with E-state index < -0.39 is 15.9 Å². The Balaban J connectivity index is 1.74. The summed E-state index contributed by atoms with van der Waals surface area (Å²) in [4.78, 5) is 14.5. The Morgan fingerprint density at radius 3 is 2.56 bits per heavy atom. The molecule has 0 unspecified atom stereocenters. The Morgan fingerprint density at radius 1 is 1.15 bits per heavy atom. The number of anilines is 1. The second-order valence-electron chi connectivity index (χ2n) is 6.21. The maximum absolute atomic E-state index is 12.7. The first-order valence-electron chi connectivity index (χ1n) is 8.73. The van der Waals surface area contributed by atoms with Crippen LogP contribution in [-0.2, 0) is 10.0 Å². The van der Waals surface area contributed by atoms with Crippen molar-refractivity contribution in [3.05, 3.63) is 42.2 Å². The van der Waals surface area contributed by atoms with Crippen molar-refractivity contribution in [3.8, 4) is 5.75 Å². The van der Waals surface area contributed by atoms with E-state index in [9.17, 15) is 13.2 Å². The quantitative estimate of drug-likeness (QED) is 0.806. The molecule has 8 nitrogen and oxygen atoms in total. The number of benzene rings is 1. The minimum atomic E-state index is -3.75. The van der Waals surface area contributed by atoms with Crippen LogP contribution < -0.4 is 10.1 Å². The zero-order valence-corrected chi connectivity index (χ0v) is 16.2. The second kappa shape index (κ2) is 8.12. The van der Waals surface area contributed by atoms with Gasteiger partial charge in [0.2, 0.25) is 5.09 Å². The minimum Gasteiger partial charge on any atom is -0.492 e. The van der Waals surface area contributed by atoms with E-state index in [0.29, 0.717) is 44.2 Å². The lowest BCUT2D eigenvalue weighted by atomic mass is 10.3. The molecule has 0 aliphatic carbocycles. The molecule has 2 aromatic rings. The zero-order valence-electron chi connectivity index (χ0n) is 15.3. The maximum atomic E-state index is 12.7. The van der Waals surface area contributed by atoms with Crippen LogP contribution in [0.1, 0.15) is 17.5 Å². The van der Waals surface area contributed by atoms with Gasteiger partial charge in [-0.15, -0.1) is 0 Å². The molecular weight excluding hydrogens is 370 g/mol. The van der Waals surface area contributed by atoms with Gasteiger partial charge in [-0.05, 0) is 38.2 Å². The molecule has 27 heavy (non-hydrogen) atoms. The molecule has 146 valence electrons. The number of furan rings is 1. The molecular formula is C18H23N3O5S. The zero-order chi connectivity index (χ0) is 19.4. The lowest BCUT2D eigenvalue weighted by molar-refractivity contribution is 0.0990. The maximum Gasteiger partial charge on any atom is 0.291 e. The van der Waals surface area contributed by atoms with Crippen molar-refractivity contribution in [2.24, 2.45) is 0 Å². The molecule has 0 atom stereocenters.